The van der Waals surface area contributed by atoms with Gasteiger partial charge in [-0.25, -0.2) is 0 Å². The van der Waals surface area contributed by atoms with Gasteiger partial charge in [0.05, 0.1) is 5.75 Å². The van der Waals surface area contributed by atoms with Gasteiger partial charge in [0, 0.05) is 10.2 Å². The SMILES string of the molecule is Cc1cc(NC(=O)CSCC2CNC2)ccc1Br. The molecule has 0 saturated carbocycles. The number of carbonyl (C=O) groups excluding carboxylic acids is 1. The molecule has 0 aliphatic carbocycles. The molecule has 0 unspecified atom stereocenters. The minimum absolute atomic E-state index is 0.0778. The molecule has 5 heteroatoms. The number of halogens is 1. The van der Waals surface area contributed by atoms with E-state index in [1.54, 1.807) is 11.8 Å². The minimum Gasteiger partial charge on any atom is -0.325 e. The Balaban J connectivity index is 1.73. The Bertz CT molecular complexity index is 435. The van der Waals surface area contributed by atoms with E-state index in [0.29, 0.717) is 5.75 Å². The molecule has 1 aliphatic rings. The fraction of sp³-hybridized carbons (Fsp3) is 0.462. The van der Waals surface area contributed by atoms with Crippen molar-refractivity contribution in [2.75, 3.05) is 29.9 Å². The molecule has 1 aromatic carbocycles. The first-order chi connectivity index (χ1) is 8.65. The molecule has 18 heavy (non-hydrogen) atoms. The second kappa shape index (κ2) is 6.59. The summed E-state index contributed by atoms with van der Waals surface area (Å²) in [4.78, 5) is 11.7. The van der Waals surface area contributed by atoms with Crippen LogP contribution in [-0.2, 0) is 4.79 Å². The number of thioether (sulfide) groups is 1. The van der Waals surface area contributed by atoms with Gasteiger partial charge in [-0.05, 0) is 55.4 Å². The van der Waals surface area contributed by atoms with E-state index in [9.17, 15) is 4.79 Å². The van der Waals surface area contributed by atoms with Crippen molar-refractivity contribution in [3.63, 3.8) is 0 Å². The molecule has 2 N–H and O–H groups in total. The second-order valence-electron chi connectivity index (χ2n) is 4.55. The lowest BCUT2D eigenvalue weighted by Gasteiger charge is -2.26. The van der Waals surface area contributed by atoms with E-state index in [1.165, 1.54) is 0 Å². The predicted molar refractivity (Wildman–Crippen MR) is 81.2 cm³/mol. The van der Waals surface area contributed by atoms with Crippen molar-refractivity contribution in [3.8, 4) is 0 Å². The van der Waals surface area contributed by atoms with Gasteiger partial charge in [0.2, 0.25) is 5.91 Å². The molecule has 1 amide bonds. The van der Waals surface area contributed by atoms with Crippen LogP contribution in [0.4, 0.5) is 5.69 Å². The highest BCUT2D eigenvalue weighted by molar-refractivity contribution is 9.10. The van der Waals surface area contributed by atoms with Crippen LogP contribution in [0.1, 0.15) is 5.56 Å². The smallest absolute Gasteiger partial charge is 0.234 e. The third-order valence-corrected chi connectivity index (χ3v) is 4.96. The molecule has 0 bridgehead atoms. The van der Waals surface area contributed by atoms with Gasteiger partial charge in [-0.15, -0.1) is 0 Å². The molecule has 3 nitrogen and oxygen atoms in total. The number of hydrogen-bond donors (Lipinski definition) is 2. The van der Waals surface area contributed by atoms with Gasteiger partial charge in [0.15, 0.2) is 0 Å². The summed E-state index contributed by atoms with van der Waals surface area (Å²) >= 11 is 5.16. The van der Waals surface area contributed by atoms with Crippen molar-refractivity contribution in [1.82, 2.24) is 5.32 Å². The van der Waals surface area contributed by atoms with Crippen LogP contribution in [0.3, 0.4) is 0 Å². The normalized spacial score (nSPS) is 15.2. The first kappa shape index (κ1) is 13.9. The Labute approximate surface area is 120 Å². The van der Waals surface area contributed by atoms with Crippen LogP contribution in [0.15, 0.2) is 22.7 Å². The molecule has 1 heterocycles. The van der Waals surface area contributed by atoms with Crippen LogP contribution in [-0.4, -0.2) is 30.5 Å². The third-order valence-electron chi connectivity index (χ3n) is 2.89. The molecule has 0 atom stereocenters. The number of anilines is 1. The van der Waals surface area contributed by atoms with E-state index in [2.05, 4.69) is 26.6 Å². The third kappa shape index (κ3) is 4.00. The predicted octanol–water partition coefficient (Wildman–Crippen LogP) is 2.65. The standard InChI is InChI=1S/C13H17BrN2OS/c1-9-4-11(2-3-12(9)14)16-13(17)8-18-7-10-5-15-6-10/h2-4,10,15H,5-8H2,1H3,(H,16,17). The number of amides is 1. The summed E-state index contributed by atoms with van der Waals surface area (Å²) in [6.07, 6.45) is 0. The van der Waals surface area contributed by atoms with Crippen LogP contribution in [0, 0.1) is 12.8 Å². The molecule has 0 radical (unpaired) electrons. The Morgan fingerprint density at radius 2 is 2.33 bits per heavy atom. The zero-order valence-electron chi connectivity index (χ0n) is 10.3. The van der Waals surface area contributed by atoms with Crippen molar-refractivity contribution >= 4 is 39.3 Å². The number of rotatable bonds is 5. The Kier molecular flexibility index (Phi) is 5.09. The number of benzene rings is 1. The van der Waals surface area contributed by atoms with Crippen molar-refractivity contribution in [2.45, 2.75) is 6.92 Å². The van der Waals surface area contributed by atoms with Crippen molar-refractivity contribution in [3.05, 3.63) is 28.2 Å². The number of hydrogen-bond acceptors (Lipinski definition) is 3. The molecule has 1 aliphatic heterocycles. The second-order valence-corrected chi connectivity index (χ2v) is 6.44. The summed E-state index contributed by atoms with van der Waals surface area (Å²) in [6, 6.07) is 5.84. The van der Waals surface area contributed by atoms with E-state index in [4.69, 9.17) is 0 Å². The lowest BCUT2D eigenvalue weighted by Crippen LogP contribution is -2.43. The van der Waals surface area contributed by atoms with E-state index < -0.39 is 0 Å². The topological polar surface area (TPSA) is 41.1 Å². The minimum atomic E-state index is 0.0778. The molecule has 1 fully saturated rings. The molecule has 0 aromatic heterocycles. The summed E-state index contributed by atoms with van der Waals surface area (Å²) in [5, 5.41) is 6.16. The van der Waals surface area contributed by atoms with E-state index in [0.717, 1.165) is 40.5 Å². The molecule has 1 saturated heterocycles. The maximum absolute atomic E-state index is 11.7. The van der Waals surface area contributed by atoms with Gasteiger partial charge >= 0.3 is 0 Å². The summed E-state index contributed by atoms with van der Waals surface area (Å²) in [5.41, 5.74) is 1.99. The Morgan fingerprint density at radius 1 is 1.56 bits per heavy atom. The molecular weight excluding hydrogens is 312 g/mol. The van der Waals surface area contributed by atoms with Crippen molar-refractivity contribution in [1.29, 1.82) is 0 Å². The molecule has 0 spiro atoms. The number of aryl methyl sites for hydroxylation is 1. The maximum Gasteiger partial charge on any atom is 0.234 e. The largest absolute Gasteiger partial charge is 0.325 e. The summed E-state index contributed by atoms with van der Waals surface area (Å²) in [5.74, 6) is 2.43. The number of carbonyl (C=O) groups is 1. The Hall–Kier alpha value is -0.520. The highest BCUT2D eigenvalue weighted by atomic mass is 79.9. The highest BCUT2D eigenvalue weighted by Gasteiger charge is 2.16. The van der Waals surface area contributed by atoms with E-state index in [1.807, 2.05) is 25.1 Å². The summed E-state index contributed by atoms with van der Waals surface area (Å²) in [7, 11) is 0. The van der Waals surface area contributed by atoms with E-state index >= 15 is 0 Å². The van der Waals surface area contributed by atoms with Crippen molar-refractivity contribution in [2.24, 2.45) is 5.92 Å². The molecular formula is C13H17BrN2OS. The molecule has 1 aromatic rings. The lowest BCUT2D eigenvalue weighted by molar-refractivity contribution is -0.113. The van der Waals surface area contributed by atoms with Gasteiger partial charge < -0.3 is 10.6 Å². The zero-order chi connectivity index (χ0) is 13.0. The highest BCUT2D eigenvalue weighted by Crippen LogP contribution is 2.20. The fourth-order valence-corrected chi connectivity index (χ4v) is 2.90. The Morgan fingerprint density at radius 3 is 2.94 bits per heavy atom. The average molecular weight is 329 g/mol. The molecule has 98 valence electrons. The van der Waals surface area contributed by atoms with Gasteiger partial charge in [-0.3, -0.25) is 4.79 Å². The van der Waals surface area contributed by atoms with Crippen LogP contribution in [0.25, 0.3) is 0 Å². The summed E-state index contributed by atoms with van der Waals surface area (Å²) < 4.78 is 1.06. The number of nitrogens with one attached hydrogen (secondary N) is 2. The molecule has 2 rings (SSSR count). The van der Waals surface area contributed by atoms with Gasteiger partial charge in [0.1, 0.15) is 0 Å². The van der Waals surface area contributed by atoms with E-state index in [-0.39, 0.29) is 5.91 Å². The van der Waals surface area contributed by atoms with Crippen LogP contribution in [0.5, 0.6) is 0 Å². The van der Waals surface area contributed by atoms with Gasteiger partial charge in [-0.2, -0.15) is 11.8 Å². The van der Waals surface area contributed by atoms with Gasteiger partial charge in [0.25, 0.3) is 0 Å². The van der Waals surface area contributed by atoms with Crippen molar-refractivity contribution < 1.29 is 4.79 Å². The van der Waals surface area contributed by atoms with Gasteiger partial charge in [-0.1, -0.05) is 15.9 Å². The first-order valence-electron chi connectivity index (χ1n) is 5.99. The monoisotopic (exact) mass is 328 g/mol. The quantitative estimate of drug-likeness (QED) is 0.873. The van der Waals surface area contributed by atoms with Crippen LogP contribution < -0.4 is 10.6 Å². The average Bonchev–Trinajstić information content (AvgIpc) is 2.27. The lowest BCUT2D eigenvalue weighted by atomic mass is 10.1. The fourth-order valence-electron chi connectivity index (χ4n) is 1.70. The van der Waals surface area contributed by atoms with Crippen LogP contribution in [0.2, 0.25) is 0 Å². The summed E-state index contributed by atoms with van der Waals surface area (Å²) in [6.45, 7) is 4.21. The maximum atomic E-state index is 11.7. The first-order valence-corrected chi connectivity index (χ1v) is 7.94. The zero-order valence-corrected chi connectivity index (χ0v) is 12.7. The van der Waals surface area contributed by atoms with Crippen LogP contribution >= 0.6 is 27.7 Å².